The number of nitrogens with zero attached hydrogens (tertiary/aromatic N) is 1. The fraction of sp³-hybridized carbons (Fsp3) is 0.159. The van der Waals surface area contributed by atoms with Crippen LogP contribution >= 0.6 is 0 Å². The number of likely N-dealkylation sites (tertiary alicyclic amines) is 1. The van der Waals surface area contributed by atoms with Crippen LogP contribution in [0.15, 0.2) is 0 Å². The third-order valence-corrected chi connectivity index (χ3v) is 26.1. The highest BCUT2D eigenvalue weighted by Crippen LogP contribution is 2.85. The van der Waals surface area contributed by atoms with Crippen LogP contribution in [-0.2, 0) is 25.0 Å². The van der Waals surface area contributed by atoms with Crippen LogP contribution < -0.4 is 0 Å². The zero-order valence-electron chi connectivity index (χ0n) is 38.6. The van der Waals surface area contributed by atoms with Crippen LogP contribution in [0.25, 0.3) is 291 Å². The van der Waals surface area contributed by atoms with E-state index in [0.29, 0.717) is 33.2 Å². The summed E-state index contributed by atoms with van der Waals surface area (Å²) in [6.07, 6.45) is 0. The third kappa shape index (κ3) is 1.66. The van der Waals surface area contributed by atoms with E-state index in [-0.39, 0.29) is 10.8 Å². The van der Waals surface area contributed by atoms with Crippen molar-refractivity contribution in [2.24, 2.45) is 0 Å². The molecule has 5 aliphatic rings. The Morgan fingerprint density at radius 1 is 0.247 bits per heavy atom. The Hall–Kier alpha value is -7.70. The lowest BCUT2D eigenvalue weighted by atomic mass is 9.50. The molecule has 33 rings (SSSR count). The molecule has 0 radical (unpaired) electrons. The molecule has 0 N–H and O–H groups in total. The topological polar surface area (TPSA) is 27.7 Å². The van der Waals surface area contributed by atoms with Gasteiger partial charge in [0.05, 0.1) is 57.4 Å². The Bertz CT molecular complexity index is 6620. The molecule has 0 saturated carbocycles. The molecule has 0 bridgehead atoms. The van der Waals surface area contributed by atoms with Crippen LogP contribution in [0.2, 0.25) is 0 Å². The van der Waals surface area contributed by atoms with Crippen molar-refractivity contribution in [3.05, 3.63) is 22.3 Å². The lowest BCUT2D eigenvalue weighted by Crippen LogP contribution is -2.51. The standard InChI is InChI=1S/C69H20NO3/c1-70(9-73-6-5-72-4-3-71-2)7-68-64-56-48-38-28-20-12-10-11-14-18-16(12)24-32-26(18)36-30-22(14)23-15(11)19-17-13(10)21(20)29-35-25(17)33-27(19)37-31(23)41-40(30)50-44(36)54-46(32)52(42(48)34(24)28)60(64)62(54)66-58(50)59-51(41)45(37)55-47(33)53-43(35)49(39(29)38)57(56)65(68)61(53)63(55)67(59)69(66,68)8-70/h3-9H2,1-2H3/q+1. The van der Waals surface area contributed by atoms with E-state index in [4.69, 9.17) is 14.2 Å². The number of benzene rings is 18. The van der Waals surface area contributed by atoms with Gasteiger partial charge in [0.15, 0.2) is 6.73 Å². The summed E-state index contributed by atoms with van der Waals surface area (Å²) in [5.41, 5.74) is 6.62. The van der Waals surface area contributed by atoms with Gasteiger partial charge in [0.1, 0.15) is 0 Å². The van der Waals surface area contributed by atoms with E-state index in [1.807, 2.05) is 0 Å². The molecule has 318 valence electrons. The van der Waals surface area contributed by atoms with Gasteiger partial charge in [-0.15, -0.1) is 0 Å². The zero-order chi connectivity index (χ0) is 44.1. The van der Waals surface area contributed by atoms with Gasteiger partial charge in [-0.05, 0) is 313 Å². The molecular weight excluding hydrogens is 891 g/mol. The molecule has 4 heteroatoms. The van der Waals surface area contributed by atoms with Crippen LogP contribution in [0.3, 0.4) is 0 Å². The van der Waals surface area contributed by atoms with Gasteiger partial charge in [0.25, 0.3) is 0 Å². The van der Waals surface area contributed by atoms with Gasteiger partial charge in [-0.2, -0.15) is 0 Å². The van der Waals surface area contributed by atoms with Crippen molar-refractivity contribution in [3.63, 3.8) is 0 Å². The second-order valence-electron chi connectivity index (χ2n) is 27.1. The molecule has 0 aromatic heterocycles. The van der Waals surface area contributed by atoms with E-state index >= 15 is 0 Å². The maximum absolute atomic E-state index is 7.01. The van der Waals surface area contributed by atoms with Crippen LogP contribution in [0.1, 0.15) is 22.3 Å². The molecule has 1 saturated heterocycles. The molecule has 0 atom stereocenters. The van der Waals surface area contributed by atoms with Gasteiger partial charge in [0, 0.05) is 7.11 Å². The SMILES string of the molecule is COCCOCCOC[N+]1(C)CC23c4c5c6c7c8c9c(c%10c%11c2c2c4c4c%12c5c5c6c6c8c8c%13c9c9c%10c%10c%11c%11c2c2c4c4c%12c%12c5c5c6c8c6c8c%13c9c9c%10c%10c%11c2c2c4c4c%12c5c6c5c8c9c%10c2c45)C73C1. The molecule has 4 aliphatic carbocycles. The summed E-state index contributed by atoms with van der Waals surface area (Å²) in [4.78, 5) is 0. The molecule has 73 heavy (non-hydrogen) atoms. The summed E-state index contributed by atoms with van der Waals surface area (Å²) in [6.45, 7) is 5.25. The highest BCUT2D eigenvalue weighted by Gasteiger charge is 2.76. The summed E-state index contributed by atoms with van der Waals surface area (Å²) in [5.74, 6) is 0. The average molecular weight is 911 g/mol. The number of methoxy groups -OCH3 is 1. The van der Waals surface area contributed by atoms with Crippen LogP contribution in [0.4, 0.5) is 0 Å². The molecule has 28 aromatic carbocycles. The van der Waals surface area contributed by atoms with Gasteiger partial charge in [-0.3, -0.25) is 0 Å². The predicted molar refractivity (Wildman–Crippen MR) is 303 cm³/mol. The first-order chi connectivity index (χ1) is 36.2. The molecule has 1 aliphatic heterocycles. The van der Waals surface area contributed by atoms with E-state index in [0.717, 1.165) is 17.6 Å². The van der Waals surface area contributed by atoms with Crippen LogP contribution in [0.5, 0.6) is 0 Å². The fourth-order valence-corrected chi connectivity index (χ4v) is 26.1. The number of hydrogen-bond donors (Lipinski definition) is 0. The summed E-state index contributed by atoms with van der Waals surface area (Å²) in [6, 6.07) is 0. The first-order valence-electron chi connectivity index (χ1n) is 27.5. The van der Waals surface area contributed by atoms with Crippen molar-refractivity contribution in [1.29, 1.82) is 0 Å². The largest absolute Gasteiger partial charge is 0.382 e. The normalized spacial score (nSPS) is 24.2. The van der Waals surface area contributed by atoms with Crippen molar-refractivity contribution in [2.75, 3.05) is 60.4 Å². The van der Waals surface area contributed by atoms with E-state index in [1.54, 1.807) is 320 Å². The van der Waals surface area contributed by atoms with Gasteiger partial charge in [0.2, 0.25) is 0 Å². The first-order valence-corrected chi connectivity index (χ1v) is 27.5. The summed E-state index contributed by atoms with van der Waals surface area (Å²) >= 11 is 0. The lowest BCUT2D eigenvalue weighted by molar-refractivity contribution is -0.919. The average Bonchev–Trinajstić information content (AvgIpc) is 4.38. The predicted octanol–water partition coefficient (Wildman–Crippen LogP) is 16.4. The molecule has 0 unspecified atom stereocenters. The molecule has 1 fully saturated rings. The first kappa shape index (κ1) is 29.1. The van der Waals surface area contributed by atoms with Gasteiger partial charge < -0.3 is 18.7 Å². The number of ether oxygens (including phenoxy) is 3. The Morgan fingerprint density at radius 3 is 0.603 bits per heavy atom. The second kappa shape index (κ2) is 6.82. The van der Waals surface area contributed by atoms with E-state index in [2.05, 4.69) is 7.05 Å². The van der Waals surface area contributed by atoms with Gasteiger partial charge in [-0.25, -0.2) is 0 Å². The highest BCUT2D eigenvalue weighted by molar-refractivity contribution is 6.82. The Kier molecular flexibility index (Phi) is 2.72. The van der Waals surface area contributed by atoms with Crippen molar-refractivity contribution in [3.8, 4) is 0 Å². The molecular formula is C69H20NO3+. The fourth-order valence-electron chi connectivity index (χ4n) is 26.1. The number of likely N-dealkylation sites (N-methyl/N-ethyl adjacent to an activating group) is 1. The van der Waals surface area contributed by atoms with Gasteiger partial charge in [-0.1, -0.05) is 0 Å². The maximum atomic E-state index is 7.01. The van der Waals surface area contributed by atoms with Crippen molar-refractivity contribution in [1.82, 2.24) is 0 Å². The number of rotatable bonds is 8. The second-order valence-corrected chi connectivity index (χ2v) is 27.1. The van der Waals surface area contributed by atoms with E-state index in [1.165, 1.54) is 0 Å². The summed E-state index contributed by atoms with van der Waals surface area (Å²) < 4.78 is 19.3. The minimum atomic E-state index is -0.231. The zero-order valence-corrected chi connectivity index (χ0v) is 38.6. The number of quaternary nitrogens is 1. The number of hydrogen-bond acceptors (Lipinski definition) is 3. The Morgan fingerprint density at radius 2 is 0.411 bits per heavy atom. The molecule has 1 heterocycles. The van der Waals surface area contributed by atoms with Crippen molar-refractivity contribution < 1.29 is 18.7 Å². The van der Waals surface area contributed by atoms with Gasteiger partial charge >= 0.3 is 0 Å². The van der Waals surface area contributed by atoms with E-state index < -0.39 is 0 Å². The van der Waals surface area contributed by atoms with Crippen molar-refractivity contribution >= 4 is 291 Å². The maximum Gasteiger partial charge on any atom is 0.183 e. The minimum absolute atomic E-state index is 0.231. The molecule has 4 nitrogen and oxygen atoms in total. The molecule has 0 amide bonds. The highest BCUT2D eigenvalue weighted by atomic mass is 16.5. The quantitative estimate of drug-likeness (QED) is 0.0864. The summed E-state index contributed by atoms with van der Waals surface area (Å²) in [7, 11) is 4.38. The van der Waals surface area contributed by atoms with Crippen LogP contribution in [-0.4, -0.2) is 64.9 Å². The summed E-state index contributed by atoms with van der Waals surface area (Å²) in [5, 5.41) is 90.1. The third-order valence-electron chi connectivity index (χ3n) is 26.1. The molecule has 28 aromatic rings. The smallest absolute Gasteiger partial charge is 0.183 e. The Labute approximate surface area is 401 Å². The monoisotopic (exact) mass is 910 g/mol. The minimum Gasteiger partial charge on any atom is -0.382 e. The van der Waals surface area contributed by atoms with Crippen molar-refractivity contribution in [2.45, 2.75) is 10.8 Å². The lowest BCUT2D eigenvalue weighted by Gasteiger charge is -2.47. The van der Waals surface area contributed by atoms with Crippen LogP contribution in [0, 0.1) is 0 Å². The Balaban J connectivity index is 1.04. The molecule has 2 spiro atoms. The van der Waals surface area contributed by atoms with E-state index in [9.17, 15) is 0 Å².